The fourth-order valence-corrected chi connectivity index (χ4v) is 6.09. The average molecular weight is 231 g/mol. The fraction of sp³-hybridized carbons (Fsp3) is 1.00. The summed E-state index contributed by atoms with van der Waals surface area (Å²) in [5.41, 5.74) is 0. The van der Waals surface area contributed by atoms with Crippen LogP contribution in [0.5, 0.6) is 0 Å². The van der Waals surface area contributed by atoms with Crippen molar-refractivity contribution < 1.29 is 0 Å². The van der Waals surface area contributed by atoms with Crippen LogP contribution in [0.2, 0.25) is 0 Å². The second-order valence-electron chi connectivity index (χ2n) is 4.84. The summed E-state index contributed by atoms with van der Waals surface area (Å²) in [4.78, 5) is 0. The van der Waals surface area contributed by atoms with Gasteiger partial charge in [-0.25, -0.2) is 0 Å². The first-order chi connectivity index (χ1) is 7.24. The smallest absolute Gasteiger partial charge is 0.0594 e. The molecule has 0 atom stereocenters. The molecule has 0 spiro atoms. The lowest BCUT2D eigenvalue weighted by molar-refractivity contribution is 0.756. The highest BCUT2D eigenvalue weighted by atomic mass is 31.2. The minimum Gasteiger partial charge on any atom is -0.0654 e. The molecule has 0 saturated carbocycles. The van der Waals surface area contributed by atoms with E-state index < -0.39 is 7.26 Å². The topological polar surface area (TPSA) is 0 Å². The Kier molecular flexibility index (Phi) is 9.92. The summed E-state index contributed by atoms with van der Waals surface area (Å²) in [7, 11) is -0.517. The van der Waals surface area contributed by atoms with Crippen LogP contribution in [0.25, 0.3) is 0 Å². The van der Waals surface area contributed by atoms with Crippen molar-refractivity contribution in [3.8, 4) is 0 Å². The number of rotatable bonds is 10. The molecule has 0 fully saturated rings. The first kappa shape index (κ1) is 15.4. The Morgan fingerprint density at radius 1 is 0.600 bits per heavy atom. The van der Waals surface area contributed by atoms with Gasteiger partial charge >= 0.3 is 0 Å². The summed E-state index contributed by atoms with van der Waals surface area (Å²) >= 11 is 0. The van der Waals surface area contributed by atoms with E-state index in [4.69, 9.17) is 0 Å². The van der Waals surface area contributed by atoms with E-state index in [1.807, 2.05) is 0 Å². The molecular formula is C14H32P+. The van der Waals surface area contributed by atoms with Crippen LogP contribution in [0.1, 0.15) is 66.2 Å². The van der Waals surface area contributed by atoms with Gasteiger partial charge in [-0.15, -0.1) is 0 Å². The van der Waals surface area contributed by atoms with E-state index in [2.05, 4.69) is 27.7 Å². The lowest BCUT2D eigenvalue weighted by atomic mass is 10.3. The standard InChI is InChI=1S/C14H32P/c1-5-9-11-13-15(7-3,8-4)14-12-10-6-2/h5-14H2,1-4H3/q+1. The van der Waals surface area contributed by atoms with Crippen LogP contribution in [0.4, 0.5) is 0 Å². The lowest BCUT2D eigenvalue weighted by Gasteiger charge is -2.25. The maximum Gasteiger partial charge on any atom is 0.0594 e. The minimum absolute atomic E-state index is 0.517. The van der Waals surface area contributed by atoms with Crippen LogP contribution in [0, 0.1) is 0 Å². The van der Waals surface area contributed by atoms with E-state index in [9.17, 15) is 0 Å². The second-order valence-corrected chi connectivity index (χ2v) is 9.68. The third-order valence-corrected chi connectivity index (χ3v) is 9.03. The summed E-state index contributed by atoms with van der Waals surface area (Å²) in [6.45, 7) is 9.51. The Labute approximate surface area is 98.6 Å². The van der Waals surface area contributed by atoms with Gasteiger partial charge in [-0.05, 0) is 26.7 Å². The van der Waals surface area contributed by atoms with E-state index in [0.29, 0.717) is 0 Å². The van der Waals surface area contributed by atoms with Gasteiger partial charge in [-0.3, -0.25) is 0 Å². The molecule has 0 amide bonds. The van der Waals surface area contributed by atoms with Gasteiger partial charge < -0.3 is 0 Å². The summed E-state index contributed by atoms with van der Waals surface area (Å²) in [6.07, 6.45) is 14.8. The quantitative estimate of drug-likeness (QED) is 0.347. The highest BCUT2D eigenvalue weighted by Crippen LogP contribution is 2.59. The monoisotopic (exact) mass is 231 g/mol. The maximum absolute atomic E-state index is 2.44. The lowest BCUT2D eigenvalue weighted by Crippen LogP contribution is -2.09. The van der Waals surface area contributed by atoms with Crippen molar-refractivity contribution in [1.29, 1.82) is 0 Å². The largest absolute Gasteiger partial charge is 0.0654 e. The Morgan fingerprint density at radius 2 is 1.00 bits per heavy atom. The van der Waals surface area contributed by atoms with E-state index in [-0.39, 0.29) is 0 Å². The van der Waals surface area contributed by atoms with Crippen molar-refractivity contribution >= 4 is 7.26 Å². The molecule has 0 aliphatic carbocycles. The number of hydrogen-bond acceptors (Lipinski definition) is 0. The van der Waals surface area contributed by atoms with Crippen LogP contribution in [0.15, 0.2) is 0 Å². The number of hydrogen-bond donors (Lipinski definition) is 0. The molecule has 0 N–H and O–H groups in total. The third kappa shape index (κ3) is 6.56. The van der Waals surface area contributed by atoms with Gasteiger partial charge in [-0.1, -0.05) is 39.5 Å². The molecular weight excluding hydrogens is 199 g/mol. The van der Waals surface area contributed by atoms with Crippen LogP contribution in [-0.4, -0.2) is 24.6 Å². The van der Waals surface area contributed by atoms with Crippen LogP contribution in [-0.2, 0) is 0 Å². The predicted molar refractivity (Wildman–Crippen MR) is 76.8 cm³/mol. The van der Waals surface area contributed by atoms with E-state index in [1.54, 1.807) is 12.3 Å². The van der Waals surface area contributed by atoms with Crippen molar-refractivity contribution in [3.63, 3.8) is 0 Å². The average Bonchev–Trinajstić information content (AvgIpc) is 2.28. The third-order valence-electron chi connectivity index (χ3n) is 3.81. The first-order valence-electron chi connectivity index (χ1n) is 7.09. The molecule has 0 nitrogen and oxygen atoms in total. The van der Waals surface area contributed by atoms with Crippen molar-refractivity contribution in [1.82, 2.24) is 0 Å². The van der Waals surface area contributed by atoms with Gasteiger partial charge in [-0.2, -0.15) is 0 Å². The van der Waals surface area contributed by atoms with Gasteiger partial charge in [0, 0.05) is 7.26 Å². The molecule has 0 radical (unpaired) electrons. The number of unbranched alkanes of at least 4 members (excludes halogenated alkanes) is 4. The molecule has 1 heteroatoms. The second kappa shape index (κ2) is 9.64. The molecule has 0 aliphatic rings. The first-order valence-corrected chi connectivity index (χ1v) is 9.62. The molecule has 0 aromatic carbocycles. The molecule has 0 unspecified atom stereocenters. The van der Waals surface area contributed by atoms with Gasteiger partial charge in [0.2, 0.25) is 0 Å². The van der Waals surface area contributed by atoms with Crippen LogP contribution in [0.3, 0.4) is 0 Å². The summed E-state index contributed by atoms with van der Waals surface area (Å²) in [6, 6.07) is 0. The van der Waals surface area contributed by atoms with Gasteiger partial charge in [0.25, 0.3) is 0 Å². The van der Waals surface area contributed by atoms with Crippen molar-refractivity contribution in [2.75, 3.05) is 24.6 Å². The summed E-state index contributed by atoms with van der Waals surface area (Å²) < 4.78 is 0. The normalized spacial score (nSPS) is 12.0. The van der Waals surface area contributed by atoms with Crippen molar-refractivity contribution in [2.24, 2.45) is 0 Å². The molecule has 0 aromatic rings. The Balaban J connectivity index is 3.93. The van der Waals surface area contributed by atoms with Crippen LogP contribution < -0.4 is 0 Å². The van der Waals surface area contributed by atoms with E-state index in [1.165, 1.54) is 50.8 Å². The van der Waals surface area contributed by atoms with Gasteiger partial charge in [0.1, 0.15) is 0 Å². The van der Waals surface area contributed by atoms with E-state index in [0.717, 1.165) is 0 Å². The Bertz CT molecular complexity index is 115. The molecule has 92 valence electrons. The summed E-state index contributed by atoms with van der Waals surface area (Å²) in [5.74, 6) is 0. The van der Waals surface area contributed by atoms with E-state index >= 15 is 0 Å². The highest BCUT2D eigenvalue weighted by molar-refractivity contribution is 7.75. The molecule has 0 bridgehead atoms. The Hall–Kier alpha value is 0.430. The maximum atomic E-state index is 2.44. The predicted octanol–water partition coefficient (Wildman–Crippen LogP) is 5.42. The molecule has 15 heavy (non-hydrogen) atoms. The zero-order valence-corrected chi connectivity index (χ0v) is 12.4. The Morgan fingerprint density at radius 3 is 1.27 bits per heavy atom. The molecule has 0 aliphatic heterocycles. The van der Waals surface area contributed by atoms with Gasteiger partial charge in [0.15, 0.2) is 0 Å². The molecule has 0 saturated heterocycles. The minimum atomic E-state index is -0.517. The summed E-state index contributed by atoms with van der Waals surface area (Å²) in [5, 5.41) is 0. The molecule has 0 heterocycles. The van der Waals surface area contributed by atoms with Gasteiger partial charge in [0.05, 0.1) is 24.6 Å². The molecule has 0 aromatic heterocycles. The van der Waals surface area contributed by atoms with Crippen molar-refractivity contribution in [3.05, 3.63) is 0 Å². The zero-order valence-electron chi connectivity index (χ0n) is 11.5. The van der Waals surface area contributed by atoms with Crippen molar-refractivity contribution in [2.45, 2.75) is 66.2 Å². The highest BCUT2D eigenvalue weighted by Gasteiger charge is 2.31. The van der Waals surface area contributed by atoms with Crippen LogP contribution >= 0.6 is 7.26 Å². The SMILES string of the molecule is CCCCC[P+](CC)(CC)CCCCC. The zero-order chi connectivity index (χ0) is 11.6. The fourth-order valence-electron chi connectivity index (χ4n) is 2.36. The molecule has 0 rings (SSSR count).